The summed E-state index contributed by atoms with van der Waals surface area (Å²) in [5, 5.41) is 14.5. The zero-order valence-corrected chi connectivity index (χ0v) is 22.3. The van der Waals surface area contributed by atoms with E-state index in [9.17, 15) is 22.8 Å². The van der Waals surface area contributed by atoms with Crippen LogP contribution in [0.3, 0.4) is 0 Å². The number of amides is 1. The summed E-state index contributed by atoms with van der Waals surface area (Å²) in [6, 6.07) is 8.71. The van der Waals surface area contributed by atoms with Gasteiger partial charge in [-0.05, 0) is 74.3 Å². The maximum absolute atomic E-state index is 13.3. The number of carbonyl (C=O) groups is 1. The van der Waals surface area contributed by atoms with Crippen molar-refractivity contribution in [2.24, 2.45) is 13.0 Å². The molecule has 1 aromatic carbocycles. The Balaban J connectivity index is 1.43. The molecule has 0 radical (unpaired) electrons. The summed E-state index contributed by atoms with van der Waals surface area (Å²) >= 11 is 0. The van der Waals surface area contributed by atoms with Crippen LogP contribution >= 0.6 is 0 Å². The molecule has 0 aliphatic heterocycles. The highest BCUT2D eigenvalue weighted by Gasteiger charge is 2.48. The molecule has 0 bridgehead atoms. The van der Waals surface area contributed by atoms with E-state index in [0.717, 1.165) is 43.5 Å². The number of aromatic nitrogens is 4. The van der Waals surface area contributed by atoms with Crippen LogP contribution in [-0.4, -0.2) is 37.0 Å². The summed E-state index contributed by atoms with van der Waals surface area (Å²) in [6.07, 6.45) is 2.99. The third-order valence-corrected chi connectivity index (χ3v) is 8.12. The zero-order valence-electron chi connectivity index (χ0n) is 22.3. The second kappa shape index (κ2) is 9.93. The van der Waals surface area contributed by atoms with E-state index >= 15 is 0 Å². The lowest BCUT2D eigenvalue weighted by Gasteiger charge is -2.46. The first-order chi connectivity index (χ1) is 18.4. The maximum atomic E-state index is 13.3. The number of pyridine rings is 1. The van der Waals surface area contributed by atoms with Crippen LogP contribution in [0.25, 0.3) is 0 Å². The van der Waals surface area contributed by atoms with Gasteiger partial charge in [0.15, 0.2) is 0 Å². The minimum absolute atomic E-state index is 0.0917. The van der Waals surface area contributed by atoms with Crippen molar-refractivity contribution in [3.05, 3.63) is 75.7 Å². The van der Waals surface area contributed by atoms with Crippen molar-refractivity contribution in [1.29, 1.82) is 0 Å². The van der Waals surface area contributed by atoms with Crippen molar-refractivity contribution in [1.82, 2.24) is 24.6 Å². The van der Waals surface area contributed by atoms with Gasteiger partial charge in [0.05, 0.1) is 5.41 Å². The topological polar surface area (TPSA) is 93.8 Å². The molecule has 8 nitrogen and oxygen atoms in total. The lowest BCUT2D eigenvalue weighted by molar-refractivity contribution is -0.141. The highest BCUT2D eigenvalue weighted by atomic mass is 19.4. The van der Waals surface area contributed by atoms with E-state index in [2.05, 4.69) is 34.7 Å². The molecule has 39 heavy (non-hydrogen) atoms. The van der Waals surface area contributed by atoms with Gasteiger partial charge >= 0.3 is 6.18 Å². The molecular formula is C28H33F3N6O2. The Hall–Kier alpha value is -3.47. The normalized spacial score (nSPS) is 22.2. The smallest absolute Gasteiger partial charge is 0.322 e. The third kappa shape index (κ3) is 5.50. The molecule has 2 fully saturated rings. The van der Waals surface area contributed by atoms with Gasteiger partial charge in [-0.2, -0.15) is 13.2 Å². The van der Waals surface area contributed by atoms with Crippen LogP contribution in [0.4, 0.5) is 18.9 Å². The first kappa shape index (κ1) is 27.1. The average Bonchev–Trinajstić information content (AvgIpc) is 3.26. The van der Waals surface area contributed by atoms with E-state index in [1.54, 1.807) is 12.4 Å². The molecule has 0 atom stereocenters. The van der Waals surface area contributed by atoms with Crippen molar-refractivity contribution in [2.75, 3.05) is 5.32 Å². The Morgan fingerprint density at radius 1 is 1.21 bits per heavy atom. The number of hydrogen-bond acceptors (Lipinski definition) is 5. The Kier molecular flexibility index (Phi) is 6.90. The zero-order chi connectivity index (χ0) is 28.0. The summed E-state index contributed by atoms with van der Waals surface area (Å²) in [5.41, 5.74) is 0.0858. The van der Waals surface area contributed by atoms with E-state index in [1.807, 2.05) is 29.8 Å². The Labute approximate surface area is 224 Å². The maximum Gasteiger partial charge on any atom is 0.406 e. The molecule has 0 spiro atoms. The standard InChI is InChI=1S/C28H33F3N6O2/c1-18-12-27(13-18,25-35-33-17-36(25)3)20-6-4-7-21(11-20)34-23(38)22-10-19(14-32-26(2)8-5-9-26)15-37(24(22)39)16-28(29,30)31/h4,6-7,10-11,15,17-18,32H,5,8-9,12-14,16H2,1-3H3,(H,34,38). The third-order valence-electron chi connectivity index (χ3n) is 8.12. The van der Waals surface area contributed by atoms with Gasteiger partial charge in [0.1, 0.15) is 24.3 Å². The van der Waals surface area contributed by atoms with Gasteiger partial charge < -0.3 is 19.8 Å². The molecule has 2 saturated carbocycles. The van der Waals surface area contributed by atoms with Crippen molar-refractivity contribution in [2.45, 2.75) is 76.2 Å². The molecule has 2 aliphatic carbocycles. The second-order valence-corrected chi connectivity index (χ2v) is 11.5. The van der Waals surface area contributed by atoms with Crippen LogP contribution in [0.1, 0.15) is 73.3 Å². The van der Waals surface area contributed by atoms with E-state index < -0.39 is 24.2 Å². The summed E-state index contributed by atoms with van der Waals surface area (Å²) in [6.45, 7) is 3.01. The summed E-state index contributed by atoms with van der Waals surface area (Å²) in [4.78, 5) is 26.3. The van der Waals surface area contributed by atoms with E-state index in [-0.39, 0.29) is 23.1 Å². The van der Waals surface area contributed by atoms with Crippen molar-refractivity contribution in [3.8, 4) is 0 Å². The first-order valence-corrected chi connectivity index (χ1v) is 13.2. The van der Waals surface area contributed by atoms with Crippen molar-refractivity contribution < 1.29 is 18.0 Å². The molecule has 2 N–H and O–H groups in total. The minimum atomic E-state index is -4.61. The highest BCUT2D eigenvalue weighted by molar-refractivity contribution is 6.04. The van der Waals surface area contributed by atoms with Gasteiger partial charge in [-0.15, -0.1) is 10.2 Å². The summed E-state index contributed by atoms with van der Waals surface area (Å²) in [7, 11) is 1.89. The lowest BCUT2D eigenvalue weighted by Crippen LogP contribution is -2.47. The van der Waals surface area contributed by atoms with Gasteiger partial charge in [0, 0.05) is 31.0 Å². The van der Waals surface area contributed by atoms with Crippen LogP contribution < -0.4 is 16.2 Å². The number of aryl methyl sites for hydroxylation is 1. The van der Waals surface area contributed by atoms with Crippen LogP contribution in [0.2, 0.25) is 0 Å². The number of anilines is 1. The molecule has 208 valence electrons. The summed E-state index contributed by atoms with van der Waals surface area (Å²) in [5.74, 6) is 0.574. The largest absolute Gasteiger partial charge is 0.406 e. The lowest BCUT2D eigenvalue weighted by atomic mass is 9.58. The number of nitrogens with one attached hydrogen (secondary N) is 2. The van der Waals surface area contributed by atoms with Crippen LogP contribution in [-0.2, 0) is 25.6 Å². The molecule has 0 saturated heterocycles. The van der Waals surface area contributed by atoms with E-state index in [1.165, 1.54) is 12.3 Å². The second-order valence-electron chi connectivity index (χ2n) is 11.5. The number of halogens is 3. The van der Waals surface area contributed by atoms with Gasteiger partial charge in [-0.1, -0.05) is 19.1 Å². The fraction of sp³-hybridized carbons (Fsp3) is 0.500. The molecule has 1 amide bonds. The molecule has 11 heteroatoms. The quantitative estimate of drug-likeness (QED) is 0.436. The number of benzene rings is 1. The van der Waals surface area contributed by atoms with Crippen LogP contribution in [0, 0.1) is 5.92 Å². The Morgan fingerprint density at radius 2 is 1.95 bits per heavy atom. The van der Waals surface area contributed by atoms with E-state index in [0.29, 0.717) is 21.7 Å². The monoisotopic (exact) mass is 542 g/mol. The molecule has 2 aliphatic rings. The molecule has 3 aromatic rings. The van der Waals surface area contributed by atoms with Crippen LogP contribution in [0.5, 0.6) is 0 Å². The van der Waals surface area contributed by atoms with Gasteiger partial charge in [-0.25, -0.2) is 0 Å². The average molecular weight is 543 g/mol. The molecule has 2 heterocycles. The predicted molar refractivity (Wildman–Crippen MR) is 140 cm³/mol. The summed E-state index contributed by atoms with van der Waals surface area (Å²) < 4.78 is 42.2. The molecule has 2 aromatic heterocycles. The number of carbonyl (C=O) groups excluding carboxylic acids is 1. The first-order valence-electron chi connectivity index (χ1n) is 13.2. The fourth-order valence-electron chi connectivity index (χ4n) is 5.95. The number of hydrogen-bond donors (Lipinski definition) is 2. The van der Waals surface area contributed by atoms with Crippen molar-refractivity contribution in [3.63, 3.8) is 0 Å². The minimum Gasteiger partial charge on any atom is -0.322 e. The van der Waals surface area contributed by atoms with Gasteiger partial charge in [0.25, 0.3) is 11.5 Å². The molecular weight excluding hydrogens is 509 g/mol. The Morgan fingerprint density at radius 3 is 2.54 bits per heavy atom. The number of rotatable bonds is 8. The highest BCUT2D eigenvalue weighted by Crippen LogP contribution is 2.51. The van der Waals surface area contributed by atoms with Crippen molar-refractivity contribution >= 4 is 11.6 Å². The number of nitrogens with zero attached hydrogens (tertiary/aromatic N) is 4. The predicted octanol–water partition coefficient (Wildman–Crippen LogP) is 4.54. The molecule has 5 rings (SSSR count). The van der Waals surface area contributed by atoms with Gasteiger partial charge in [-0.3, -0.25) is 9.59 Å². The fourth-order valence-corrected chi connectivity index (χ4v) is 5.95. The van der Waals surface area contributed by atoms with Crippen LogP contribution in [0.15, 0.2) is 47.7 Å². The number of alkyl halides is 3. The van der Waals surface area contributed by atoms with Gasteiger partial charge in [0.2, 0.25) is 0 Å². The molecule has 0 unspecified atom stereocenters. The Bertz CT molecular complexity index is 1430. The van der Waals surface area contributed by atoms with E-state index in [4.69, 9.17) is 0 Å². The SMILES string of the molecule is CC1CC(c2cccc(NC(=O)c3cc(CNC4(C)CCC4)cn(CC(F)(F)F)c3=O)c2)(c2nncn2C)C1.